The zero-order valence-corrected chi connectivity index (χ0v) is 5.82. The Morgan fingerprint density at radius 3 is 2.73 bits per heavy atom. The van der Waals surface area contributed by atoms with Gasteiger partial charge in [0.2, 0.25) is 0 Å². The highest BCUT2D eigenvalue weighted by atomic mass is 16.4. The van der Waals surface area contributed by atoms with Crippen LogP contribution in [0, 0.1) is 5.92 Å². The summed E-state index contributed by atoms with van der Waals surface area (Å²) >= 11 is 0. The smallest absolute Gasteiger partial charge is 0.314 e. The molecule has 0 heterocycles. The van der Waals surface area contributed by atoms with Crippen LogP contribution < -0.4 is 0 Å². The lowest BCUT2D eigenvalue weighted by atomic mass is 9.96. The Balaban J connectivity index is 2.86. The first-order valence-corrected chi connectivity index (χ1v) is 3.11. The van der Waals surface area contributed by atoms with Crippen LogP contribution in [0.5, 0.6) is 0 Å². The summed E-state index contributed by atoms with van der Waals surface area (Å²) in [5.74, 6) is -1.59. The summed E-state index contributed by atoms with van der Waals surface area (Å²) in [6.07, 6.45) is 4.10. The van der Waals surface area contributed by atoms with E-state index in [0.717, 1.165) is 0 Å². The van der Waals surface area contributed by atoms with Crippen molar-refractivity contribution in [1.82, 2.24) is 0 Å². The summed E-state index contributed by atoms with van der Waals surface area (Å²) in [5.41, 5.74) is 0.400. The Bertz CT molecular complexity index is 261. The van der Waals surface area contributed by atoms with E-state index in [0.29, 0.717) is 5.57 Å². The van der Waals surface area contributed by atoms with E-state index < -0.39 is 11.9 Å². The zero-order valence-electron chi connectivity index (χ0n) is 5.82. The van der Waals surface area contributed by atoms with E-state index in [9.17, 15) is 4.79 Å². The van der Waals surface area contributed by atoms with Crippen LogP contribution >= 0.6 is 0 Å². The van der Waals surface area contributed by atoms with Gasteiger partial charge in [-0.05, 0) is 17.7 Å². The van der Waals surface area contributed by atoms with Crippen LogP contribution in [-0.4, -0.2) is 16.2 Å². The molecule has 0 fully saturated rings. The van der Waals surface area contributed by atoms with Crippen molar-refractivity contribution in [3.8, 4) is 0 Å². The predicted molar refractivity (Wildman–Crippen MR) is 40.1 cm³/mol. The third-order valence-electron chi connectivity index (χ3n) is 1.46. The minimum absolute atomic E-state index is 0.0486. The van der Waals surface area contributed by atoms with Crippen LogP contribution in [-0.2, 0) is 4.79 Å². The van der Waals surface area contributed by atoms with Crippen molar-refractivity contribution in [3.63, 3.8) is 0 Å². The average Bonchev–Trinajstić information content (AvgIpc) is 1.85. The minimum Gasteiger partial charge on any atom is -0.508 e. The van der Waals surface area contributed by atoms with E-state index in [1.54, 1.807) is 0 Å². The monoisotopic (exact) mass is 152 g/mol. The Morgan fingerprint density at radius 1 is 1.64 bits per heavy atom. The van der Waals surface area contributed by atoms with Gasteiger partial charge < -0.3 is 10.2 Å². The van der Waals surface area contributed by atoms with Crippen molar-refractivity contribution in [2.24, 2.45) is 5.92 Å². The van der Waals surface area contributed by atoms with Crippen LogP contribution in [0.3, 0.4) is 0 Å². The highest BCUT2D eigenvalue weighted by Crippen LogP contribution is 2.19. The molecule has 1 rings (SSSR count). The van der Waals surface area contributed by atoms with Crippen LogP contribution in [0.15, 0.2) is 36.1 Å². The molecule has 0 aromatic carbocycles. The first-order chi connectivity index (χ1) is 5.11. The van der Waals surface area contributed by atoms with Gasteiger partial charge in [0.05, 0.1) is 5.92 Å². The quantitative estimate of drug-likeness (QED) is 0.594. The molecule has 0 bridgehead atoms. The van der Waals surface area contributed by atoms with Gasteiger partial charge in [-0.1, -0.05) is 12.7 Å². The Labute approximate surface area is 64.0 Å². The summed E-state index contributed by atoms with van der Waals surface area (Å²) in [6, 6.07) is 0. The van der Waals surface area contributed by atoms with Gasteiger partial charge in [-0.3, -0.25) is 4.79 Å². The lowest BCUT2D eigenvalue weighted by Crippen LogP contribution is -2.14. The van der Waals surface area contributed by atoms with Gasteiger partial charge in [0, 0.05) is 0 Å². The molecule has 2 N–H and O–H groups in total. The standard InChI is InChI=1S/C8H8O3/c1-5-4-6(9)2-3-7(5)8(10)11/h2-4,7,9H,1H2,(H,10,11). The Kier molecular flexibility index (Phi) is 1.81. The maximum Gasteiger partial charge on any atom is 0.314 e. The lowest BCUT2D eigenvalue weighted by molar-refractivity contribution is -0.138. The fourth-order valence-electron chi connectivity index (χ4n) is 0.887. The minimum atomic E-state index is -0.949. The SMILES string of the molecule is C=C1C=C(O)C=CC1C(=O)O. The summed E-state index contributed by atoms with van der Waals surface area (Å²) in [5, 5.41) is 17.5. The number of aliphatic carboxylic acids is 1. The zero-order chi connectivity index (χ0) is 8.43. The fourth-order valence-corrected chi connectivity index (χ4v) is 0.887. The molecule has 0 aromatic heterocycles. The molecule has 0 spiro atoms. The number of carboxylic acid groups (broad SMARTS) is 1. The van der Waals surface area contributed by atoms with Crippen LogP contribution in [0.4, 0.5) is 0 Å². The highest BCUT2D eigenvalue weighted by Gasteiger charge is 2.18. The summed E-state index contributed by atoms with van der Waals surface area (Å²) in [7, 11) is 0. The van der Waals surface area contributed by atoms with E-state index in [-0.39, 0.29) is 5.76 Å². The van der Waals surface area contributed by atoms with Gasteiger partial charge in [0.15, 0.2) is 0 Å². The van der Waals surface area contributed by atoms with E-state index in [1.807, 2.05) is 0 Å². The number of rotatable bonds is 1. The van der Waals surface area contributed by atoms with Gasteiger partial charge >= 0.3 is 5.97 Å². The first-order valence-electron chi connectivity index (χ1n) is 3.11. The van der Waals surface area contributed by atoms with Gasteiger partial charge in [-0.15, -0.1) is 0 Å². The molecule has 0 saturated carbocycles. The van der Waals surface area contributed by atoms with Crippen LogP contribution in [0.2, 0.25) is 0 Å². The number of hydrogen-bond donors (Lipinski definition) is 2. The van der Waals surface area contributed by atoms with E-state index in [4.69, 9.17) is 10.2 Å². The molecule has 1 aliphatic rings. The largest absolute Gasteiger partial charge is 0.508 e. The van der Waals surface area contributed by atoms with Gasteiger partial charge in [0.25, 0.3) is 0 Å². The molecule has 58 valence electrons. The van der Waals surface area contributed by atoms with Crippen molar-refractivity contribution in [2.75, 3.05) is 0 Å². The summed E-state index contributed by atoms with van der Waals surface area (Å²) in [4.78, 5) is 10.4. The fraction of sp³-hybridized carbons (Fsp3) is 0.125. The van der Waals surface area contributed by atoms with Gasteiger partial charge in [0.1, 0.15) is 5.76 Å². The second kappa shape index (κ2) is 2.62. The first kappa shape index (κ1) is 7.60. The number of aliphatic hydroxyl groups is 1. The average molecular weight is 152 g/mol. The number of hydrogen-bond acceptors (Lipinski definition) is 2. The van der Waals surface area contributed by atoms with E-state index in [1.165, 1.54) is 18.2 Å². The molecule has 1 aliphatic carbocycles. The second-order valence-corrected chi connectivity index (χ2v) is 2.32. The van der Waals surface area contributed by atoms with Gasteiger partial charge in [-0.25, -0.2) is 0 Å². The molecule has 0 saturated heterocycles. The number of aliphatic hydroxyl groups excluding tert-OH is 1. The number of carbonyl (C=O) groups is 1. The van der Waals surface area contributed by atoms with Crippen molar-refractivity contribution in [1.29, 1.82) is 0 Å². The van der Waals surface area contributed by atoms with Crippen LogP contribution in [0.25, 0.3) is 0 Å². The Hall–Kier alpha value is -1.51. The highest BCUT2D eigenvalue weighted by molar-refractivity contribution is 5.77. The maximum atomic E-state index is 10.4. The molecule has 11 heavy (non-hydrogen) atoms. The predicted octanol–water partition coefficient (Wildman–Crippen LogP) is 1.26. The molecule has 0 amide bonds. The molecule has 1 unspecified atom stereocenters. The van der Waals surface area contributed by atoms with Crippen molar-refractivity contribution >= 4 is 5.97 Å². The molecule has 0 aliphatic heterocycles. The maximum absolute atomic E-state index is 10.4. The Morgan fingerprint density at radius 2 is 2.27 bits per heavy atom. The topological polar surface area (TPSA) is 57.5 Å². The third-order valence-corrected chi connectivity index (χ3v) is 1.46. The summed E-state index contributed by atoms with van der Waals surface area (Å²) in [6.45, 7) is 3.50. The van der Waals surface area contributed by atoms with Crippen molar-refractivity contribution < 1.29 is 15.0 Å². The van der Waals surface area contributed by atoms with E-state index >= 15 is 0 Å². The molecular formula is C8H8O3. The van der Waals surface area contributed by atoms with Crippen molar-refractivity contribution in [2.45, 2.75) is 0 Å². The lowest BCUT2D eigenvalue weighted by Gasteiger charge is -2.11. The molecule has 0 aromatic rings. The second-order valence-electron chi connectivity index (χ2n) is 2.32. The van der Waals surface area contributed by atoms with Crippen molar-refractivity contribution in [3.05, 3.63) is 36.1 Å². The van der Waals surface area contributed by atoms with Gasteiger partial charge in [-0.2, -0.15) is 0 Å². The number of allylic oxidation sites excluding steroid dienone is 2. The normalized spacial score (nSPS) is 23.1. The number of carboxylic acids is 1. The molecule has 3 heteroatoms. The molecule has 0 radical (unpaired) electrons. The molecule has 1 atom stereocenters. The third kappa shape index (κ3) is 1.49. The molecule has 3 nitrogen and oxygen atoms in total. The van der Waals surface area contributed by atoms with E-state index in [2.05, 4.69) is 6.58 Å². The summed E-state index contributed by atoms with van der Waals surface area (Å²) < 4.78 is 0. The van der Waals surface area contributed by atoms with Crippen LogP contribution in [0.1, 0.15) is 0 Å². The molecular weight excluding hydrogens is 144 g/mol.